The number of benzene rings is 1. The van der Waals surface area contributed by atoms with Crippen LogP contribution in [0.1, 0.15) is 11.1 Å². The lowest BCUT2D eigenvalue weighted by atomic mass is 9.93. The first-order valence-corrected chi connectivity index (χ1v) is 5.42. The summed E-state index contributed by atoms with van der Waals surface area (Å²) in [7, 11) is 0. The van der Waals surface area contributed by atoms with Crippen LogP contribution >= 0.6 is 0 Å². The van der Waals surface area contributed by atoms with Crippen LogP contribution in [0.15, 0.2) is 24.3 Å². The Kier molecular flexibility index (Phi) is 2.06. The van der Waals surface area contributed by atoms with E-state index in [-0.39, 0.29) is 6.04 Å². The van der Waals surface area contributed by atoms with E-state index in [4.69, 9.17) is 0 Å². The molecule has 2 N–H and O–H groups in total. The summed E-state index contributed by atoms with van der Waals surface area (Å²) >= 11 is 0. The average molecular weight is 205 g/mol. The summed E-state index contributed by atoms with van der Waals surface area (Å²) in [6, 6.07) is 8.43. The Hall–Kier alpha value is -0.900. The van der Waals surface area contributed by atoms with Gasteiger partial charge in [-0.15, -0.1) is 0 Å². The van der Waals surface area contributed by atoms with Crippen LogP contribution in [0.4, 0.5) is 0 Å². The van der Waals surface area contributed by atoms with Crippen LogP contribution in [-0.4, -0.2) is 39.9 Å². The van der Waals surface area contributed by atoms with Crippen molar-refractivity contribution < 1.29 is 10.2 Å². The highest BCUT2D eigenvalue weighted by atomic mass is 16.3. The van der Waals surface area contributed by atoms with Crippen molar-refractivity contribution in [3.8, 4) is 0 Å². The summed E-state index contributed by atoms with van der Waals surface area (Å²) in [5.74, 6) is 0. The maximum absolute atomic E-state index is 9.83. The van der Waals surface area contributed by atoms with E-state index in [0.29, 0.717) is 6.54 Å². The van der Waals surface area contributed by atoms with Crippen molar-refractivity contribution in [2.45, 2.75) is 31.2 Å². The molecular weight excluding hydrogens is 190 g/mol. The first kappa shape index (κ1) is 9.33. The molecule has 2 heterocycles. The summed E-state index contributed by atoms with van der Waals surface area (Å²) in [6.45, 7) is 1.45. The van der Waals surface area contributed by atoms with Crippen molar-refractivity contribution in [2.75, 3.05) is 6.54 Å². The molecule has 80 valence electrons. The van der Waals surface area contributed by atoms with Crippen molar-refractivity contribution in [2.24, 2.45) is 0 Å². The molecule has 0 bridgehead atoms. The zero-order chi connectivity index (χ0) is 10.4. The van der Waals surface area contributed by atoms with E-state index in [0.717, 1.165) is 13.0 Å². The second kappa shape index (κ2) is 3.30. The minimum absolute atomic E-state index is 0.106. The Morgan fingerprint density at radius 2 is 1.87 bits per heavy atom. The molecular formula is C12H15NO2. The van der Waals surface area contributed by atoms with Gasteiger partial charge in [0.15, 0.2) is 0 Å². The molecule has 2 aliphatic heterocycles. The zero-order valence-electron chi connectivity index (χ0n) is 8.50. The normalized spacial score (nSPS) is 34.9. The van der Waals surface area contributed by atoms with Crippen LogP contribution in [-0.2, 0) is 13.0 Å². The van der Waals surface area contributed by atoms with Crippen LogP contribution in [0.3, 0.4) is 0 Å². The lowest BCUT2D eigenvalue weighted by molar-refractivity contribution is 0.0362. The maximum atomic E-state index is 9.83. The first-order valence-electron chi connectivity index (χ1n) is 5.42. The molecule has 1 saturated heterocycles. The summed E-state index contributed by atoms with van der Waals surface area (Å²) in [5.41, 5.74) is 2.64. The predicted molar refractivity (Wildman–Crippen MR) is 56.4 cm³/mol. The van der Waals surface area contributed by atoms with Gasteiger partial charge in [-0.2, -0.15) is 0 Å². The first-order chi connectivity index (χ1) is 7.25. The summed E-state index contributed by atoms with van der Waals surface area (Å²) in [5, 5.41) is 19.4. The monoisotopic (exact) mass is 205 g/mol. The standard InChI is InChI=1S/C12H15NO2/c14-11-7-13-6-9-4-2-1-3-8(9)5-10(13)12(11)15/h1-4,10-12,14-15H,5-7H2/t10-,11+,12-/m1/s1. The lowest BCUT2D eigenvalue weighted by Crippen LogP contribution is -2.40. The van der Waals surface area contributed by atoms with Crippen LogP contribution in [0.2, 0.25) is 0 Å². The fourth-order valence-corrected chi connectivity index (χ4v) is 2.74. The summed E-state index contributed by atoms with van der Waals surface area (Å²) in [4.78, 5) is 2.18. The zero-order valence-corrected chi connectivity index (χ0v) is 8.50. The second-order valence-corrected chi connectivity index (χ2v) is 4.53. The summed E-state index contributed by atoms with van der Waals surface area (Å²) < 4.78 is 0. The van der Waals surface area contributed by atoms with E-state index in [1.165, 1.54) is 11.1 Å². The fourth-order valence-electron chi connectivity index (χ4n) is 2.74. The molecule has 0 aromatic heterocycles. The van der Waals surface area contributed by atoms with Gasteiger partial charge in [0.2, 0.25) is 0 Å². The van der Waals surface area contributed by atoms with Crippen LogP contribution < -0.4 is 0 Å². The predicted octanol–water partition coefficient (Wildman–Crippen LogP) is 0.149. The van der Waals surface area contributed by atoms with Crippen molar-refractivity contribution in [3.05, 3.63) is 35.4 Å². The van der Waals surface area contributed by atoms with Crippen LogP contribution in [0.5, 0.6) is 0 Å². The SMILES string of the molecule is O[C@@H]1[C@H]2Cc3ccccc3CN2C[C@@H]1O. The molecule has 2 aliphatic rings. The lowest BCUT2D eigenvalue weighted by Gasteiger charge is -2.32. The van der Waals surface area contributed by atoms with Crippen LogP contribution in [0, 0.1) is 0 Å². The molecule has 3 rings (SSSR count). The maximum Gasteiger partial charge on any atom is 0.0969 e. The Labute approximate surface area is 89.0 Å². The van der Waals surface area contributed by atoms with E-state index in [1.54, 1.807) is 0 Å². The molecule has 0 aliphatic carbocycles. The average Bonchev–Trinajstić information content (AvgIpc) is 2.52. The van der Waals surface area contributed by atoms with E-state index in [9.17, 15) is 10.2 Å². The van der Waals surface area contributed by atoms with Gasteiger partial charge in [0.1, 0.15) is 0 Å². The van der Waals surface area contributed by atoms with Gasteiger partial charge in [-0.05, 0) is 17.5 Å². The fraction of sp³-hybridized carbons (Fsp3) is 0.500. The third-order valence-electron chi connectivity index (χ3n) is 3.60. The molecule has 3 nitrogen and oxygen atoms in total. The van der Waals surface area contributed by atoms with Crippen molar-refractivity contribution in [3.63, 3.8) is 0 Å². The van der Waals surface area contributed by atoms with Crippen molar-refractivity contribution in [1.82, 2.24) is 4.90 Å². The molecule has 1 fully saturated rings. The number of aliphatic hydroxyl groups is 2. The van der Waals surface area contributed by atoms with E-state index < -0.39 is 12.2 Å². The van der Waals surface area contributed by atoms with Gasteiger partial charge in [-0.3, -0.25) is 4.90 Å². The minimum atomic E-state index is -0.585. The molecule has 0 amide bonds. The van der Waals surface area contributed by atoms with E-state index >= 15 is 0 Å². The van der Waals surface area contributed by atoms with Gasteiger partial charge in [0.05, 0.1) is 12.2 Å². The third kappa shape index (κ3) is 1.39. The Morgan fingerprint density at radius 1 is 1.13 bits per heavy atom. The Morgan fingerprint density at radius 3 is 2.67 bits per heavy atom. The highest BCUT2D eigenvalue weighted by Crippen LogP contribution is 2.30. The smallest absolute Gasteiger partial charge is 0.0969 e. The van der Waals surface area contributed by atoms with E-state index in [2.05, 4.69) is 17.0 Å². The largest absolute Gasteiger partial charge is 0.389 e. The van der Waals surface area contributed by atoms with Gasteiger partial charge in [-0.25, -0.2) is 0 Å². The Balaban J connectivity index is 1.93. The number of hydrogen-bond donors (Lipinski definition) is 2. The number of rotatable bonds is 0. The van der Waals surface area contributed by atoms with E-state index in [1.807, 2.05) is 12.1 Å². The molecule has 0 unspecified atom stereocenters. The molecule has 15 heavy (non-hydrogen) atoms. The van der Waals surface area contributed by atoms with Crippen molar-refractivity contribution in [1.29, 1.82) is 0 Å². The number of aliphatic hydroxyl groups excluding tert-OH is 2. The number of hydrogen-bond acceptors (Lipinski definition) is 3. The number of fused-ring (bicyclic) bond motifs is 2. The summed E-state index contributed by atoms with van der Waals surface area (Å²) in [6.07, 6.45) is -0.309. The molecule has 3 atom stereocenters. The highest BCUT2D eigenvalue weighted by Gasteiger charge is 2.41. The second-order valence-electron chi connectivity index (χ2n) is 4.53. The number of nitrogens with zero attached hydrogens (tertiary/aromatic N) is 1. The van der Waals surface area contributed by atoms with Gasteiger partial charge in [-0.1, -0.05) is 24.3 Å². The van der Waals surface area contributed by atoms with Gasteiger partial charge in [0.25, 0.3) is 0 Å². The molecule has 0 saturated carbocycles. The Bertz CT molecular complexity index is 380. The third-order valence-corrected chi connectivity index (χ3v) is 3.60. The quantitative estimate of drug-likeness (QED) is 0.633. The molecule has 1 aromatic rings. The minimum Gasteiger partial charge on any atom is -0.389 e. The molecule has 1 aromatic carbocycles. The van der Waals surface area contributed by atoms with Gasteiger partial charge in [0, 0.05) is 19.1 Å². The van der Waals surface area contributed by atoms with Crippen LogP contribution in [0.25, 0.3) is 0 Å². The molecule has 3 heteroatoms. The van der Waals surface area contributed by atoms with Gasteiger partial charge < -0.3 is 10.2 Å². The topological polar surface area (TPSA) is 43.7 Å². The molecule has 0 radical (unpaired) electrons. The van der Waals surface area contributed by atoms with Crippen molar-refractivity contribution >= 4 is 0 Å². The molecule has 0 spiro atoms. The highest BCUT2D eigenvalue weighted by molar-refractivity contribution is 5.31. The van der Waals surface area contributed by atoms with Gasteiger partial charge >= 0.3 is 0 Å².